The monoisotopic (exact) mass is 551 g/mol. The lowest BCUT2D eigenvalue weighted by Gasteiger charge is -2.24. The summed E-state index contributed by atoms with van der Waals surface area (Å²) < 4.78 is 8.90. The van der Waals surface area contributed by atoms with Crippen molar-refractivity contribution >= 4 is 49.8 Å². The molecule has 1 N–H and O–H groups in total. The fraction of sp³-hybridized carbons (Fsp3) is 0. The Bertz CT molecular complexity index is 2440. The van der Waals surface area contributed by atoms with Crippen molar-refractivity contribution in [3.63, 3.8) is 0 Å². The maximum absolute atomic E-state index is 6.68. The Morgan fingerprint density at radius 3 is 2.21 bits per heavy atom. The molecule has 0 spiro atoms. The van der Waals surface area contributed by atoms with Gasteiger partial charge >= 0.3 is 0 Å². The highest BCUT2D eigenvalue weighted by Gasteiger charge is 2.43. The first-order valence-electron chi connectivity index (χ1n) is 14.5. The van der Waals surface area contributed by atoms with Crippen molar-refractivity contribution in [2.75, 3.05) is 0 Å². The number of fused-ring (bicyclic) bond motifs is 10. The summed E-state index contributed by atoms with van der Waals surface area (Å²) in [4.78, 5) is 11.7. The highest BCUT2D eigenvalue weighted by atomic mass is 16.5. The standard InChI is InChI=1S/C38H22N4O/c1-2-12-23(13-3-1)36-24-14-4-7-17-27(24)39-38(40-36)42-29-19-9-5-15-25(29)34-31(42)22-33-37-35(34)26-16-6-8-18-28(26)41(37)30-20-10-11-21-32(30)43-33/h1-22H/p+1. The predicted octanol–water partition coefficient (Wildman–Crippen LogP) is 8.66. The van der Waals surface area contributed by atoms with Gasteiger partial charge in [0.25, 0.3) is 0 Å². The third kappa shape index (κ3) is 3.03. The van der Waals surface area contributed by atoms with Crippen molar-refractivity contribution in [2.24, 2.45) is 0 Å². The van der Waals surface area contributed by atoms with Crippen molar-refractivity contribution < 1.29 is 9.64 Å². The van der Waals surface area contributed by atoms with E-state index in [2.05, 4.69) is 114 Å². The van der Waals surface area contributed by atoms with Gasteiger partial charge in [-0.1, -0.05) is 91.0 Å². The fourth-order valence-electron chi connectivity index (χ4n) is 7.11. The maximum Gasteiger partial charge on any atom is 0.235 e. The molecule has 2 aliphatic heterocycles. The first kappa shape index (κ1) is 22.9. The number of nitrogens with one attached hydrogen (secondary N) is 1. The molecule has 0 radical (unpaired) electrons. The lowest BCUT2D eigenvalue weighted by Crippen LogP contribution is -2.96. The minimum Gasteiger partial charge on any atom is -0.445 e. The van der Waals surface area contributed by atoms with Crippen LogP contribution in [0.25, 0.3) is 61.0 Å². The summed E-state index contributed by atoms with van der Waals surface area (Å²) in [5.74, 6) is 2.38. The number of rotatable bonds is 2. The van der Waals surface area contributed by atoms with E-state index in [0.717, 1.165) is 50.4 Å². The van der Waals surface area contributed by atoms with Crippen LogP contribution in [-0.2, 0) is 0 Å². The molecule has 0 amide bonds. The van der Waals surface area contributed by atoms with E-state index in [1.54, 1.807) is 0 Å². The van der Waals surface area contributed by atoms with Crippen LogP contribution in [0.2, 0.25) is 0 Å². The van der Waals surface area contributed by atoms with Gasteiger partial charge < -0.3 is 4.74 Å². The van der Waals surface area contributed by atoms with Gasteiger partial charge in [-0.05, 0) is 24.3 Å². The summed E-state index contributed by atoms with van der Waals surface area (Å²) in [5, 5.41) is 3.39. The van der Waals surface area contributed by atoms with Gasteiger partial charge in [-0.2, -0.15) is 0 Å². The van der Waals surface area contributed by atoms with Crippen LogP contribution in [0.4, 0.5) is 17.1 Å². The largest absolute Gasteiger partial charge is 0.445 e. The van der Waals surface area contributed by atoms with Crippen LogP contribution in [0.5, 0.6) is 11.5 Å². The molecule has 5 nitrogen and oxygen atoms in total. The first-order chi connectivity index (χ1) is 21.3. The van der Waals surface area contributed by atoms with Crippen LogP contribution in [0.1, 0.15) is 0 Å². The third-order valence-corrected chi connectivity index (χ3v) is 8.86. The second-order valence-electron chi connectivity index (χ2n) is 11.1. The first-order valence-corrected chi connectivity index (χ1v) is 14.5. The summed E-state index contributed by atoms with van der Waals surface area (Å²) in [6.45, 7) is 0. The Hall–Kier alpha value is -5.78. The van der Waals surface area contributed by atoms with Crippen molar-refractivity contribution in [1.29, 1.82) is 0 Å². The van der Waals surface area contributed by atoms with Crippen LogP contribution in [0, 0.1) is 0 Å². The smallest absolute Gasteiger partial charge is 0.235 e. The van der Waals surface area contributed by atoms with Gasteiger partial charge in [0.05, 0.1) is 33.4 Å². The molecule has 2 aromatic heterocycles. The van der Waals surface area contributed by atoms with E-state index in [9.17, 15) is 0 Å². The van der Waals surface area contributed by atoms with E-state index in [4.69, 9.17) is 14.7 Å². The third-order valence-electron chi connectivity index (χ3n) is 8.86. The van der Waals surface area contributed by atoms with Crippen LogP contribution in [-0.4, -0.2) is 14.5 Å². The highest BCUT2D eigenvalue weighted by Crippen LogP contribution is 2.54. The van der Waals surface area contributed by atoms with E-state index in [0.29, 0.717) is 5.95 Å². The minimum absolute atomic E-state index is 0.641. The Labute approximate surface area is 246 Å². The van der Waals surface area contributed by atoms with E-state index in [1.165, 1.54) is 38.2 Å². The maximum atomic E-state index is 6.68. The lowest BCUT2D eigenvalue weighted by molar-refractivity contribution is -0.679. The molecule has 1 unspecified atom stereocenters. The van der Waals surface area contributed by atoms with E-state index < -0.39 is 0 Å². The zero-order chi connectivity index (χ0) is 28.1. The van der Waals surface area contributed by atoms with Crippen molar-refractivity contribution in [3.8, 4) is 39.8 Å². The number of ether oxygens (including phenoxy) is 1. The van der Waals surface area contributed by atoms with Gasteiger partial charge in [0, 0.05) is 39.9 Å². The molecule has 2 aliphatic rings. The molecule has 6 aromatic carbocycles. The number of aromatic nitrogens is 3. The zero-order valence-electron chi connectivity index (χ0n) is 23.0. The molecular weight excluding hydrogens is 528 g/mol. The molecule has 0 aliphatic carbocycles. The molecule has 0 saturated carbocycles. The van der Waals surface area contributed by atoms with Gasteiger partial charge in [0.1, 0.15) is 5.69 Å². The summed E-state index contributed by atoms with van der Waals surface area (Å²) in [6, 6.07) is 46.5. The molecular formula is C38H23N4O+. The molecule has 0 fully saturated rings. The Kier molecular flexibility index (Phi) is 4.45. The second kappa shape index (κ2) is 8.38. The predicted molar refractivity (Wildman–Crippen MR) is 171 cm³/mol. The number of para-hydroxylation sites is 5. The normalized spacial score (nSPS) is 14.5. The summed E-state index contributed by atoms with van der Waals surface area (Å²) in [6.07, 6.45) is 0. The molecule has 5 heteroatoms. The SMILES string of the molecule is c1ccc(-c2nc(-n3c4ccccc4c4c5c6c(cc43)Oc3ccccc3[NH+]6c3ccccc3-5)nc3ccccc23)cc1. The highest BCUT2D eigenvalue weighted by molar-refractivity contribution is 6.20. The van der Waals surface area contributed by atoms with Crippen molar-refractivity contribution in [2.45, 2.75) is 0 Å². The Morgan fingerprint density at radius 1 is 0.581 bits per heavy atom. The number of hydrogen-bond donors (Lipinski definition) is 1. The second-order valence-corrected chi connectivity index (χ2v) is 11.1. The number of nitrogens with zero attached hydrogens (tertiary/aromatic N) is 3. The Balaban J connectivity index is 1.36. The van der Waals surface area contributed by atoms with E-state index >= 15 is 0 Å². The van der Waals surface area contributed by atoms with Crippen LogP contribution < -0.4 is 9.64 Å². The topological polar surface area (TPSA) is 44.4 Å². The number of benzene rings is 6. The molecule has 43 heavy (non-hydrogen) atoms. The van der Waals surface area contributed by atoms with Crippen molar-refractivity contribution in [3.05, 3.63) is 133 Å². The zero-order valence-corrected chi connectivity index (χ0v) is 23.0. The molecule has 1 atom stereocenters. The summed E-state index contributed by atoms with van der Waals surface area (Å²) in [7, 11) is 0. The average Bonchev–Trinajstić information content (AvgIpc) is 3.59. The lowest BCUT2D eigenvalue weighted by atomic mass is 9.98. The van der Waals surface area contributed by atoms with E-state index in [1.807, 2.05) is 24.3 Å². The van der Waals surface area contributed by atoms with Crippen molar-refractivity contribution in [1.82, 2.24) is 14.5 Å². The van der Waals surface area contributed by atoms with E-state index in [-0.39, 0.29) is 0 Å². The summed E-state index contributed by atoms with van der Waals surface area (Å²) >= 11 is 0. The van der Waals surface area contributed by atoms with Crippen LogP contribution >= 0.6 is 0 Å². The molecule has 4 heterocycles. The van der Waals surface area contributed by atoms with Gasteiger partial charge in [-0.15, -0.1) is 0 Å². The van der Waals surface area contributed by atoms with Gasteiger partial charge in [0.2, 0.25) is 5.95 Å². The molecule has 0 bridgehead atoms. The number of hydrogen-bond acceptors (Lipinski definition) is 3. The average molecular weight is 552 g/mol. The quantitative estimate of drug-likeness (QED) is 0.234. The molecule has 0 saturated heterocycles. The molecule has 10 rings (SSSR count). The minimum atomic E-state index is 0.641. The molecule has 8 aromatic rings. The number of quaternary nitrogens is 1. The summed E-state index contributed by atoms with van der Waals surface area (Å²) in [5.41, 5.74) is 11.0. The molecule has 200 valence electrons. The van der Waals surface area contributed by atoms with Gasteiger partial charge in [-0.3, -0.25) is 4.57 Å². The van der Waals surface area contributed by atoms with Crippen LogP contribution in [0.15, 0.2) is 133 Å². The van der Waals surface area contributed by atoms with Gasteiger partial charge in [0.15, 0.2) is 22.9 Å². The fourth-order valence-corrected chi connectivity index (χ4v) is 7.11. The Morgan fingerprint density at radius 2 is 1.30 bits per heavy atom. The van der Waals surface area contributed by atoms with Gasteiger partial charge in [-0.25, -0.2) is 14.9 Å². The van der Waals surface area contributed by atoms with Crippen LogP contribution in [0.3, 0.4) is 0 Å².